The van der Waals surface area contributed by atoms with Crippen LogP contribution in [0.15, 0.2) is 71.8 Å². The Balaban J connectivity index is 0.00000102. The number of carboxylic acids is 1. The normalized spacial score (nSPS) is 12.0. The lowest BCUT2D eigenvalue weighted by Gasteiger charge is -2.27. The number of carbonyl (C=O) groups excluding carboxylic acids is 3. The highest BCUT2D eigenvalue weighted by Crippen LogP contribution is 2.36. The molecule has 0 radical (unpaired) electrons. The number of hydrogen-bond donors (Lipinski definition) is 5. The number of aliphatic carboxylic acids is 1. The summed E-state index contributed by atoms with van der Waals surface area (Å²) in [5, 5.41) is 18.0. The molecule has 4 aromatic rings. The van der Waals surface area contributed by atoms with E-state index in [1.807, 2.05) is 44.2 Å². The number of fused-ring (bicyclic) bond motifs is 1. The van der Waals surface area contributed by atoms with Crippen molar-refractivity contribution in [2.45, 2.75) is 48.7 Å². The summed E-state index contributed by atoms with van der Waals surface area (Å²) in [6.45, 7) is 4.07. The third-order valence-electron chi connectivity index (χ3n) is 7.45. The van der Waals surface area contributed by atoms with Crippen molar-refractivity contribution in [3.63, 3.8) is 0 Å². The van der Waals surface area contributed by atoms with Crippen molar-refractivity contribution in [2.24, 2.45) is 0 Å². The van der Waals surface area contributed by atoms with Gasteiger partial charge in [-0.25, -0.2) is 14.6 Å². The molecular weight excluding hydrogens is 735 g/mol. The standard InChI is InChI=1S/C34H39N5O7S.C2HF3O2/c1-19(2)47-29-12-9-23(38-34(42)46-6)17-25(29)26(18-30(40)45-5)39-33(41)31(21-7-11-27(43-3)28(16-21)44-4)37-22-8-10-24-20(15-22)13-14-36-32(24)35;3-2(4,5)1(6)7/h7-17,19,26,31,37H,18H2,1-6H3,(H2,35,36)(H,38,42)(H,39,41);(H,6,7)/t26?,31-;/m1./s1. The van der Waals surface area contributed by atoms with Crippen LogP contribution < -0.4 is 31.2 Å². The van der Waals surface area contributed by atoms with Gasteiger partial charge in [-0.05, 0) is 71.1 Å². The minimum absolute atomic E-state index is 0.170. The number of pyridine rings is 1. The maximum absolute atomic E-state index is 14.4. The first-order valence-electron chi connectivity index (χ1n) is 16.0. The van der Waals surface area contributed by atoms with E-state index >= 15 is 0 Å². The highest BCUT2D eigenvalue weighted by Gasteiger charge is 2.38. The molecule has 1 heterocycles. The first-order chi connectivity index (χ1) is 25.5. The zero-order valence-electron chi connectivity index (χ0n) is 30.1. The summed E-state index contributed by atoms with van der Waals surface area (Å²) >= 11 is 1.56. The number of benzene rings is 3. The monoisotopic (exact) mass is 775 g/mol. The Morgan fingerprint density at radius 1 is 0.889 bits per heavy atom. The van der Waals surface area contributed by atoms with Gasteiger partial charge in [-0.15, -0.1) is 11.8 Å². The van der Waals surface area contributed by atoms with Crippen LogP contribution in [0.3, 0.4) is 0 Å². The van der Waals surface area contributed by atoms with Crippen molar-refractivity contribution in [3.8, 4) is 11.5 Å². The summed E-state index contributed by atoms with van der Waals surface area (Å²) < 4.78 is 52.5. The molecule has 1 aromatic heterocycles. The molecule has 3 aromatic carbocycles. The van der Waals surface area contributed by atoms with E-state index in [1.54, 1.807) is 48.3 Å². The van der Waals surface area contributed by atoms with E-state index in [0.29, 0.717) is 39.8 Å². The number of alkyl halides is 3. The van der Waals surface area contributed by atoms with Crippen LogP contribution in [0.1, 0.15) is 43.5 Å². The third kappa shape index (κ3) is 11.8. The highest BCUT2D eigenvalue weighted by atomic mass is 32.2. The van der Waals surface area contributed by atoms with Gasteiger partial charge < -0.3 is 40.4 Å². The summed E-state index contributed by atoms with van der Waals surface area (Å²) in [5.41, 5.74) is 8.33. The molecule has 290 valence electrons. The number of anilines is 3. The number of carbonyl (C=O) groups is 4. The van der Waals surface area contributed by atoms with E-state index < -0.39 is 42.2 Å². The van der Waals surface area contributed by atoms with Crippen LogP contribution in [0.2, 0.25) is 0 Å². The van der Waals surface area contributed by atoms with Crippen LogP contribution in [0, 0.1) is 0 Å². The number of nitrogens with one attached hydrogen (secondary N) is 3. The molecule has 14 nitrogen and oxygen atoms in total. The van der Waals surface area contributed by atoms with Gasteiger partial charge in [-0.2, -0.15) is 13.2 Å². The van der Waals surface area contributed by atoms with Gasteiger partial charge in [0.1, 0.15) is 11.9 Å². The zero-order valence-corrected chi connectivity index (χ0v) is 30.9. The van der Waals surface area contributed by atoms with E-state index in [2.05, 4.69) is 20.9 Å². The Morgan fingerprint density at radius 2 is 1.56 bits per heavy atom. The number of hydrogen-bond acceptors (Lipinski definition) is 12. The zero-order chi connectivity index (χ0) is 40.2. The largest absolute Gasteiger partial charge is 0.493 e. The van der Waals surface area contributed by atoms with Gasteiger partial charge in [0, 0.05) is 33.1 Å². The molecule has 0 aliphatic heterocycles. The molecule has 6 N–H and O–H groups in total. The molecule has 0 aliphatic rings. The molecule has 18 heteroatoms. The lowest BCUT2D eigenvalue weighted by atomic mass is 10.00. The van der Waals surface area contributed by atoms with Gasteiger partial charge in [0.2, 0.25) is 5.91 Å². The van der Waals surface area contributed by atoms with Crippen molar-refractivity contribution in [3.05, 3.63) is 78.0 Å². The Hall–Kier alpha value is -5.91. The number of esters is 1. The Morgan fingerprint density at radius 3 is 2.15 bits per heavy atom. The number of nitrogen functional groups attached to an aromatic ring is 1. The second-order valence-corrected chi connectivity index (χ2v) is 13.1. The number of nitrogens with two attached hydrogens (primary N) is 1. The smallest absolute Gasteiger partial charge is 0.490 e. The maximum Gasteiger partial charge on any atom is 0.490 e. The number of nitrogens with zero attached hydrogens (tertiary/aromatic N) is 1. The molecule has 0 saturated carbocycles. The second kappa shape index (κ2) is 19.2. The molecule has 0 aliphatic carbocycles. The van der Waals surface area contributed by atoms with Crippen molar-refractivity contribution in [2.75, 3.05) is 44.8 Å². The summed E-state index contributed by atoms with van der Waals surface area (Å²) in [6.07, 6.45) is -4.29. The number of aromatic nitrogens is 1. The van der Waals surface area contributed by atoms with Crippen molar-refractivity contribution in [1.82, 2.24) is 10.3 Å². The molecule has 0 saturated heterocycles. The number of rotatable bonds is 13. The Bertz CT molecular complexity index is 1960. The molecule has 2 amide bonds. The predicted molar refractivity (Wildman–Crippen MR) is 197 cm³/mol. The summed E-state index contributed by atoms with van der Waals surface area (Å²) in [7, 11) is 5.60. The van der Waals surface area contributed by atoms with Crippen LogP contribution in [-0.2, 0) is 23.9 Å². The number of thioether (sulfide) groups is 1. The van der Waals surface area contributed by atoms with E-state index in [0.717, 1.165) is 15.7 Å². The fraction of sp³-hybridized carbons (Fsp3) is 0.306. The number of carboxylic acid groups (broad SMARTS) is 1. The van der Waals surface area contributed by atoms with Gasteiger partial charge in [-0.1, -0.05) is 19.9 Å². The topological polar surface area (TPSA) is 200 Å². The first-order valence-corrected chi connectivity index (χ1v) is 16.8. The predicted octanol–water partition coefficient (Wildman–Crippen LogP) is 6.72. The van der Waals surface area contributed by atoms with E-state index in [1.165, 1.54) is 28.4 Å². The molecule has 1 unspecified atom stereocenters. The van der Waals surface area contributed by atoms with E-state index in [9.17, 15) is 27.6 Å². The molecule has 54 heavy (non-hydrogen) atoms. The van der Waals surface area contributed by atoms with Gasteiger partial charge in [0.15, 0.2) is 11.5 Å². The quantitative estimate of drug-likeness (QED) is 0.0709. The number of halogens is 3. The fourth-order valence-corrected chi connectivity index (χ4v) is 5.95. The Kier molecular flexibility index (Phi) is 15.1. The van der Waals surface area contributed by atoms with Crippen LogP contribution >= 0.6 is 11.8 Å². The Labute approximate surface area is 312 Å². The summed E-state index contributed by atoms with van der Waals surface area (Å²) in [4.78, 5) is 53.0. The molecule has 4 rings (SSSR count). The van der Waals surface area contributed by atoms with Gasteiger partial charge in [0.25, 0.3) is 0 Å². The lowest BCUT2D eigenvalue weighted by molar-refractivity contribution is -0.192. The average Bonchev–Trinajstić information content (AvgIpc) is 3.13. The van der Waals surface area contributed by atoms with Crippen molar-refractivity contribution >= 4 is 63.7 Å². The summed E-state index contributed by atoms with van der Waals surface area (Å²) in [6, 6.07) is 16.0. The summed E-state index contributed by atoms with van der Waals surface area (Å²) in [5.74, 6) is -2.39. The number of amides is 2. The molecule has 0 spiro atoms. The minimum atomic E-state index is -5.08. The van der Waals surface area contributed by atoms with Crippen LogP contribution in [0.5, 0.6) is 11.5 Å². The molecule has 0 bridgehead atoms. The van der Waals surface area contributed by atoms with Crippen LogP contribution in [0.4, 0.5) is 35.2 Å². The van der Waals surface area contributed by atoms with E-state index in [-0.39, 0.29) is 11.7 Å². The first kappa shape index (κ1) is 42.5. The molecular formula is C36H40F3N5O9S. The van der Waals surface area contributed by atoms with Crippen LogP contribution in [-0.4, -0.2) is 73.9 Å². The highest BCUT2D eigenvalue weighted by molar-refractivity contribution is 8.00. The van der Waals surface area contributed by atoms with Crippen molar-refractivity contribution < 1.29 is 56.4 Å². The average molecular weight is 776 g/mol. The maximum atomic E-state index is 14.4. The SMILES string of the molecule is COC(=O)CC(NC(=O)[C@H](Nc1ccc2c(N)nccc2c1)c1ccc(OC)c(OC)c1)c1cc(NC(=O)OC)ccc1SC(C)C.O=C(O)C(F)(F)F. The fourth-order valence-electron chi connectivity index (χ4n) is 4.96. The lowest BCUT2D eigenvalue weighted by Crippen LogP contribution is -2.37. The number of methoxy groups -OCH3 is 4. The molecule has 0 fully saturated rings. The van der Waals surface area contributed by atoms with Crippen molar-refractivity contribution in [1.29, 1.82) is 0 Å². The van der Waals surface area contributed by atoms with Gasteiger partial charge >= 0.3 is 24.2 Å². The molecule has 2 atom stereocenters. The van der Waals surface area contributed by atoms with E-state index in [4.69, 9.17) is 34.6 Å². The second-order valence-electron chi connectivity index (χ2n) is 11.5. The number of ether oxygens (including phenoxy) is 4. The van der Waals surface area contributed by atoms with Gasteiger partial charge in [0.05, 0.1) is 40.9 Å². The minimum Gasteiger partial charge on any atom is -0.493 e. The van der Waals surface area contributed by atoms with Crippen LogP contribution in [0.25, 0.3) is 10.8 Å². The van der Waals surface area contributed by atoms with Gasteiger partial charge in [-0.3, -0.25) is 14.9 Å². The third-order valence-corrected chi connectivity index (χ3v) is 8.54.